The average molecular weight is 254 g/mol. The van der Waals surface area contributed by atoms with Crippen LogP contribution in [0.3, 0.4) is 0 Å². The third-order valence-electron chi connectivity index (χ3n) is 1.50. The molecule has 0 spiro atoms. The van der Waals surface area contributed by atoms with E-state index in [0.29, 0.717) is 0 Å². The molecule has 0 saturated heterocycles. The van der Waals surface area contributed by atoms with Gasteiger partial charge in [0.05, 0.1) is 0 Å². The van der Waals surface area contributed by atoms with Gasteiger partial charge in [-0.1, -0.05) is 22.5 Å². The molecule has 0 fully saturated rings. The van der Waals surface area contributed by atoms with Crippen molar-refractivity contribution >= 4 is 15.9 Å². The Morgan fingerprint density at radius 3 is 2.43 bits per heavy atom. The van der Waals surface area contributed by atoms with Crippen LogP contribution in [0.25, 0.3) is 0 Å². The van der Waals surface area contributed by atoms with E-state index in [-0.39, 0.29) is 5.60 Å². The van der Waals surface area contributed by atoms with Crippen LogP contribution in [0.4, 0.5) is 0 Å². The van der Waals surface area contributed by atoms with Gasteiger partial charge in [-0.3, -0.25) is 0 Å². The molecule has 0 unspecified atom stereocenters. The SMILES string of the molecule is C=[C]c1cc(Br)cc(OC(C)(C)C)c1. The summed E-state index contributed by atoms with van der Waals surface area (Å²) in [4.78, 5) is 0. The van der Waals surface area contributed by atoms with Crippen LogP contribution in [-0.2, 0) is 0 Å². The number of halogens is 1. The second-order valence-corrected chi connectivity index (χ2v) is 4.98. The monoisotopic (exact) mass is 253 g/mol. The molecule has 1 rings (SSSR count). The predicted octanol–water partition coefficient (Wildman–Crippen LogP) is 3.96. The summed E-state index contributed by atoms with van der Waals surface area (Å²) in [5.41, 5.74) is 0.748. The van der Waals surface area contributed by atoms with Gasteiger partial charge in [-0.05, 0) is 50.6 Å². The molecule has 0 bridgehead atoms. The molecule has 1 nitrogen and oxygen atoms in total. The fraction of sp³-hybridized carbons (Fsp3) is 0.333. The Bertz CT molecular complexity index is 337. The summed E-state index contributed by atoms with van der Waals surface area (Å²) in [6.45, 7) is 9.67. The minimum atomic E-state index is -0.181. The van der Waals surface area contributed by atoms with E-state index in [4.69, 9.17) is 4.74 Å². The Hall–Kier alpha value is -0.760. The second kappa shape index (κ2) is 4.18. The zero-order valence-corrected chi connectivity index (χ0v) is 10.3. The number of benzene rings is 1. The van der Waals surface area contributed by atoms with Crippen molar-refractivity contribution in [1.82, 2.24) is 0 Å². The van der Waals surface area contributed by atoms with Gasteiger partial charge in [-0.2, -0.15) is 0 Å². The molecule has 1 aromatic carbocycles. The van der Waals surface area contributed by atoms with E-state index < -0.39 is 0 Å². The van der Waals surface area contributed by atoms with Crippen molar-refractivity contribution in [3.05, 3.63) is 40.9 Å². The summed E-state index contributed by atoms with van der Waals surface area (Å²) in [5, 5.41) is 0. The van der Waals surface area contributed by atoms with Gasteiger partial charge in [0.15, 0.2) is 0 Å². The summed E-state index contributed by atoms with van der Waals surface area (Å²) in [6.07, 6.45) is 2.83. The molecule has 0 aliphatic heterocycles. The lowest BCUT2D eigenvalue weighted by molar-refractivity contribution is 0.131. The molecule has 0 aromatic heterocycles. The number of rotatable bonds is 2. The summed E-state index contributed by atoms with van der Waals surface area (Å²) in [6, 6.07) is 5.80. The fourth-order valence-corrected chi connectivity index (χ4v) is 1.55. The van der Waals surface area contributed by atoms with Crippen LogP contribution in [-0.4, -0.2) is 5.60 Å². The highest BCUT2D eigenvalue weighted by Crippen LogP contribution is 2.24. The highest BCUT2D eigenvalue weighted by Gasteiger charge is 2.12. The molecule has 0 N–H and O–H groups in total. The Morgan fingerprint density at radius 1 is 1.29 bits per heavy atom. The third kappa shape index (κ3) is 3.54. The van der Waals surface area contributed by atoms with Crippen LogP contribution in [0, 0.1) is 6.08 Å². The molecule has 0 amide bonds. The van der Waals surface area contributed by atoms with Gasteiger partial charge >= 0.3 is 0 Å². The number of ether oxygens (including phenoxy) is 1. The van der Waals surface area contributed by atoms with Gasteiger partial charge < -0.3 is 4.74 Å². The van der Waals surface area contributed by atoms with Crippen LogP contribution in [0.15, 0.2) is 29.3 Å². The van der Waals surface area contributed by atoms with Crippen molar-refractivity contribution in [3.63, 3.8) is 0 Å². The Labute approximate surface area is 93.9 Å². The van der Waals surface area contributed by atoms with Gasteiger partial charge in [0.1, 0.15) is 11.4 Å². The molecule has 1 radical (unpaired) electrons. The second-order valence-electron chi connectivity index (χ2n) is 4.07. The minimum Gasteiger partial charge on any atom is -0.488 e. The molecule has 1 aromatic rings. The Morgan fingerprint density at radius 2 is 1.93 bits per heavy atom. The average Bonchev–Trinajstić information content (AvgIpc) is 1.99. The maximum atomic E-state index is 5.73. The van der Waals surface area contributed by atoms with E-state index in [2.05, 4.69) is 28.6 Å². The van der Waals surface area contributed by atoms with E-state index >= 15 is 0 Å². The first-order valence-corrected chi connectivity index (χ1v) is 5.23. The van der Waals surface area contributed by atoms with Crippen LogP contribution in [0.2, 0.25) is 0 Å². The summed E-state index contributed by atoms with van der Waals surface area (Å²) < 4.78 is 6.70. The molecule has 0 atom stereocenters. The van der Waals surface area contributed by atoms with E-state index in [1.807, 2.05) is 39.0 Å². The maximum absolute atomic E-state index is 5.73. The normalized spacial score (nSPS) is 11.1. The third-order valence-corrected chi connectivity index (χ3v) is 1.96. The Kier molecular flexibility index (Phi) is 3.38. The maximum Gasteiger partial charge on any atom is 0.121 e. The van der Waals surface area contributed by atoms with Gasteiger partial charge in [0, 0.05) is 4.47 Å². The van der Waals surface area contributed by atoms with Crippen LogP contribution in [0.1, 0.15) is 26.3 Å². The molecular weight excluding hydrogens is 240 g/mol. The van der Waals surface area contributed by atoms with Crippen LogP contribution in [0.5, 0.6) is 5.75 Å². The van der Waals surface area contributed by atoms with E-state index in [0.717, 1.165) is 15.8 Å². The van der Waals surface area contributed by atoms with E-state index in [1.54, 1.807) is 0 Å². The van der Waals surface area contributed by atoms with Crippen molar-refractivity contribution in [2.45, 2.75) is 26.4 Å². The summed E-state index contributed by atoms with van der Waals surface area (Å²) in [5.74, 6) is 0.832. The fourth-order valence-electron chi connectivity index (χ4n) is 1.08. The highest BCUT2D eigenvalue weighted by atomic mass is 79.9. The number of hydrogen-bond acceptors (Lipinski definition) is 1. The van der Waals surface area contributed by atoms with Crippen molar-refractivity contribution in [2.24, 2.45) is 0 Å². The highest BCUT2D eigenvalue weighted by molar-refractivity contribution is 9.10. The first-order valence-electron chi connectivity index (χ1n) is 4.43. The van der Waals surface area contributed by atoms with E-state index in [1.165, 1.54) is 0 Å². The molecule has 0 aliphatic rings. The minimum absolute atomic E-state index is 0.181. The summed E-state index contributed by atoms with van der Waals surface area (Å²) in [7, 11) is 0. The van der Waals surface area contributed by atoms with Gasteiger partial charge in [0.2, 0.25) is 0 Å². The van der Waals surface area contributed by atoms with Gasteiger partial charge in [-0.25, -0.2) is 0 Å². The lowest BCUT2D eigenvalue weighted by Crippen LogP contribution is -2.22. The molecule has 0 aliphatic carbocycles. The van der Waals surface area contributed by atoms with Gasteiger partial charge in [0.25, 0.3) is 0 Å². The van der Waals surface area contributed by atoms with Crippen molar-refractivity contribution in [3.8, 4) is 5.75 Å². The smallest absolute Gasteiger partial charge is 0.121 e. The standard InChI is InChI=1S/C12H14BrO/c1-5-9-6-10(13)8-11(7-9)14-12(2,3)4/h6-8H,1H2,2-4H3. The van der Waals surface area contributed by atoms with Gasteiger partial charge in [-0.15, -0.1) is 0 Å². The zero-order chi connectivity index (χ0) is 10.8. The lowest BCUT2D eigenvalue weighted by Gasteiger charge is -2.21. The van der Waals surface area contributed by atoms with Crippen molar-refractivity contribution in [2.75, 3.05) is 0 Å². The molecule has 2 heteroatoms. The van der Waals surface area contributed by atoms with Crippen molar-refractivity contribution in [1.29, 1.82) is 0 Å². The largest absolute Gasteiger partial charge is 0.488 e. The van der Waals surface area contributed by atoms with Crippen LogP contribution >= 0.6 is 15.9 Å². The van der Waals surface area contributed by atoms with Crippen LogP contribution < -0.4 is 4.74 Å². The van der Waals surface area contributed by atoms with E-state index in [9.17, 15) is 0 Å². The molecule has 0 heterocycles. The molecule has 0 saturated carbocycles. The molecule has 14 heavy (non-hydrogen) atoms. The lowest BCUT2D eigenvalue weighted by atomic mass is 10.1. The molecular formula is C12H14BrO. The first kappa shape index (κ1) is 11.3. The quantitative estimate of drug-likeness (QED) is 0.776. The Balaban J connectivity index is 2.98. The predicted molar refractivity (Wildman–Crippen MR) is 62.5 cm³/mol. The zero-order valence-electron chi connectivity index (χ0n) is 8.73. The molecule has 75 valence electrons. The number of hydrogen-bond donors (Lipinski definition) is 0. The topological polar surface area (TPSA) is 9.23 Å². The first-order chi connectivity index (χ1) is 6.40. The summed E-state index contributed by atoms with van der Waals surface area (Å²) >= 11 is 3.41. The van der Waals surface area contributed by atoms with Crippen molar-refractivity contribution < 1.29 is 4.74 Å².